The van der Waals surface area contributed by atoms with Crippen molar-refractivity contribution in [2.75, 3.05) is 12.0 Å². The topological polar surface area (TPSA) is 80.0 Å². The molecule has 2 heterocycles. The first-order valence-corrected chi connectivity index (χ1v) is 10.4. The molecule has 7 heteroatoms. The van der Waals surface area contributed by atoms with Gasteiger partial charge in [0.25, 0.3) is 11.7 Å². The zero-order chi connectivity index (χ0) is 22.3. The maximum absolute atomic E-state index is 13.2. The fourth-order valence-electron chi connectivity index (χ4n) is 3.75. The van der Waals surface area contributed by atoms with Crippen LogP contribution in [0.3, 0.4) is 0 Å². The first kappa shape index (κ1) is 20.9. The Balaban J connectivity index is 1.98. The highest BCUT2D eigenvalue weighted by Crippen LogP contribution is 2.44. The average Bonchev–Trinajstić information content (AvgIpc) is 3.28. The lowest BCUT2D eigenvalue weighted by molar-refractivity contribution is -0.132. The van der Waals surface area contributed by atoms with Gasteiger partial charge >= 0.3 is 0 Å². The van der Waals surface area contributed by atoms with E-state index in [0.29, 0.717) is 28.5 Å². The molecule has 1 atom stereocenters. The predicted octanol–water partition coefficient (Wildman–Crippen LogP) is 5.29. The molecule has 6 nitrogen and oxygen atoms in total. The number of furan rings is 1. The molecule has 0 bridgehead atoms. The second kappa shape index (κ2) is 8.07. The van der Waals surface area contributed by atoms with Gasteiger partial charge in [-0.3, -0.25) is 14.5 Å². The molecule has 158 valence electrons. The van der Waals surface area contributed by atoms with E-state index in [1.165, 1.54) is 12.0 Å². The summed E-state index contributed by atoms with van der Waals surface area (Å²) in [5.41, 5.74) is 1.66. The number of methoxy groups -OCH3 is 1. The zero-order valence-corrected chi connectivity index (χ0v) is 18.8. The van der Waals surface area contributed by atoms with Gasteiger partial charge in [-0.1, -0.05) is 33.6 Å². The Morgan fingerprint density at radius 1 is 1.10 bits per heavy atom. The van der Waals surface area contributed by atoms with Gasteiger partial charge in [0.2, 0.25) is 0 Å². The molecular formula is C24H20BrNO5. The van der Waals surface area contributed by atoms with E-state index in [9.17, 15) is 14.7 Å². The molecule has 1 saturated heterocycles. The number of amides is 1. The maximum Gasteiger partial charge on any atom is 0.300 e. The Bertz CT molecular complexity index is 1230. The molecule has 0 radical (unpaired) electrons. The fraction of sp³-hybridized carbons (Fsp3) is 0.167. The standard InChI is InChI=1S/C24H20BrNO5/c1-13-7-9-18(30-3)17(11-13)22(27)20-21(19-10-8-14(2)31-19)26(24(29)23(20)28)16-6-4-5-15(25)12-16/h4-12,21,27H,1-3H3/b22-20-. The number of hydrogen-bond acceptors (Lipinski definition) is 5. The quantitative estimate of drug-likeness (QED) is 0.311. The minimum atomic E-state index is -0.923. The van der Waals surface area contributed by atoms with E-state index in [0.717, 1.165) is 10.0 Å². The Labute approximate surface area is 187 Å². The third-order valence-electron chi connectivity index (χ3n) is 5.17. The van der Waals surface area contributed by atoms with Crippen LogP contribution in [0.25, 0.3) is 5.76 Å². The molecule has 1 aliphatic heterocycles. The highest BCUT2D eigenvalue weighted by Gasteiger charge is 2.48. The molecular weight excluding hydrogens is 462 g/mol. The van der Waals surface area contributed by atoms with Gasteiger partial charge in [0.05, 0.1) is 18.2 Å². The number of ether oxygens (including phenoxy) is 1. The second-order valence-corrected chi connectivity index (χ2v) is 8.22. The number of anilines is 1. The molecule has 2 aromatic carbocycles. The summed E-state index contributed by atoms with van der Waals surface area (Å²) in [5.74, 6) is -0.445. The Kier molecular flexibility index (Phi) is 5.45. The summed E-state index contributed by atoms with van der Waals surface area (Å²) >= 11 is 3.41. The van der Waals surface area contributed by atoms with Crippen molar-refractivity contribution in [1.29, 1.82) is 0 Å². The number of benzene rings is 2. The Morgan fingerprint density at radius 2 is 1.87 bits per heavy atom. The van der Waals surface area contributed by atoms with Gasteiger partial charge in [-0.15, -0.1) is 0 Å². The van der Waals surface area contributed by atoms with Crippen molar-refractivity contribution in [3.05, 3.63) is 87.3 Å². The monoisotopic (exact) mass is 481 g/mol. The van der Waals surface area contributed by atoms with E-state index in [2.05, 4.69) is 15.9 Å². The molecule has 3 aromatic rings. The first-order valence-electron chi connectivity index (χ1n) is 9.59. The summed E-state index contributed by atoms with van der Waals surface area (Å²) in [6.07, 6.45) is 0. The minimum absolute atomic E-state index is 0.0526. The maximum atomic E-state index is 13.2. The van der Waals surface area contributed by atoms with E-state index in [4.69, 9.17) is 9.15 Å². The fourth-order valence-corrected chi connectivity index (χ4v) is 4.13. The summed E-state index contributed by atoms with van der Waals surface area (Å²) in [6.45, 7) is 3.64. The molecule has 1 amide bonds. The van der Waals surface area contributed by atoms with Crippen molar-refractivity contribution in [2.45, 2.75) is 19.9 Å². The Hall–Kier alpha value is -3.32. The van der Waals surface area contributed by atoms with Crippen LogP contribution in [0.5, 0.6) is 5.75 Å². The molecule has 1 aliphatic rings. The lowest BCUT2D eigenvalue weighted by Crippen LogP contribution is -2.29. The van der Waals surface area contributed by atoms with Crippen molar-refractivity contribution < 1.29 is 23.8 Å². The van der Waals surface area contributed by atoms with Crippen LogP contribution in [0, 0.1) is 13.8 Å². The van der Waals surface area contributed by atoms with E-state index in [-0.39, 0.29) is 11.3 Å². The van der Waals surface area contributed by atoms with Crippen LogP contribution in [-0.2, 0) is 9.59 Å². The van der Waals surface area contributed by atoms with Crippen LogP contribution < -0.4 is 9.64 Å². The first-order chi connectivity index (χ1) is 14.8. The number of carbonyl (C=O) groups excluding carboxylic acids is 2. The number of aryl methyl sites for hydroxylation is 2. The van der Waals surface area contributed by atoms with Gasteiger partial charge in [0, 0.05) is 10.2 Å². The van der Waals surface area contributed by atoms with Gasteiger partial charge < -0.3 is 14.3 Å². The Morgan fingerprint density at radius 3 is 2.52 bits per heavy atom. The predicted molar refractivity (Wildman–Crippen MR) is 120 cm³/mol. The van der Waals surface area contributed by atoms with Gasteiger partial charge in [-0.2, -0.15) is 0 Å². The van der Waals surface area contributed by atoms with Crippen LogP contribution in [0.2, 0.25) is 0 Å². The summed E-state index contributed by atoms with van der Waals surface area (Å²) in [7, 11) is 1.48. The molecule has 31 heavy (non-hydrogen) atoms. The van der Waals surface area contributed by atoms with Crippen molar-refractivity contribution >= 4 is 39.1 Å². The summed E-state index contributed by atoms with van der Waals surface area (Å²) in [4.78, 5) is 27.6. The largest absolute Gasteiger partial charge is 0.507 e. The van der Waals surface area contributed by atoms with Crippen molar-refractivity contribution in [3.8, 4) is 5.75 Å². The van der Waals surface area contributed by atoms with E-state index < -0.39 is 17.7 Å². The summed E-state index contributed by atoms with van der Waals surface area (Å²) in [6, 6.07) is 14.9. The van der Waals surface area contributed by atoms with Crippen LogP contribution in [-0.4, -0.2) is 23.9 Å². The van der Waals surface area contributed by atoms with E-state index in [1.807, 2.05) is 19.1 Å². The SMILES string of the molecule is COc1ccc(C)cc1/C(O)=C1/C(=O)C(=O)N(c2cccc(Br)c2)C1c1ccc(C)o1. The highest BCUT2D eigenvalue weighted by molar-refractivity contribution is 9.10. The summed E-state index contributed by atoms with van der Waals surface area (Å²) in [5, 5.41) is 11.3. The van der Waals surface area contributed by atoms with Gasteiger partial charge in [0.1, 0.15) is 29.1 Å². The van der Waals surface area contributed by atoms with Crippen molar-refractivity contribution in [1.82, 2.24) is 0 Å². The van der Waals surface area contributed by atoms with Crippen molar-refractivity contribution in [2.24, 2.45) is 0 Å². The number of aliphatic hydroxyl groups excluding tert-OH is 1. The van der Waals surface area contributed by atoms with Crippen LogP contribution in [0.15, 0.2) is 69.1 Å². The molecule has 0 spiro atoms. The van der Waals surface area contributed by atoms with E-state index in [1.54, 1.807) is 49.4 Å². The number of nitrogens with zero attached hydrogens (tertiary/aromatic N) is 1. The van der Waals surface area contributed by atoms with Gasteiger partial charge in [-0.05, 0) is 56.3 Å². The lowest BCUT2D eigenvalue weighted by atomic mass is 9.97. The summed E-state index contributed by atoms with van der Waals surface area (Å²) < 4.78 is 11.9. The molecule has 4 rings (SSSR count). The van der Waals surface area contributed by atoms with Crippen LogP contribution in [0.1, 0.15) is 28.7 Å². The number of carbonyl (C=O) groups is 2. The zero-order valence-electron chi connectivity index (χ0n) is 17.2. The van der Waals surface area contributed by atoms with Gasteiger partial charge in [0.15, 0.2) is 0 Å². The smallest absolute Gasteiger partial charge is 0.300 e. The normalized spacial score (nSPS) is 17.9. The number of rotatable bonds is 4. The molecule has 1 N–H and O–H groups in total. The molecule has 1 aromatic heterocycles. The molecule has 0 aliphatic carbocycles. The lowest BCUT2D eigenvalue weighted by Gasteiger charge is -2.23. The average molecular weight is 482 g/mol. The number of aliphatic hydroxyl groups is 1. The molecule has 1 fully saturated rings. The highest BCUT2D eigenvalue weighted by atomic mass is 79.9. The minimum Gasteiger partial charge on any atom is -0.507 e. The van der Waals surface area contributed by atoms with Crippen molar-refractivity contribution in [3.63, 3.8) is 0 Å². The second-order valence-electron chi connectivity index (χ2n) is 7.30. The van der Waals surface area contributed by atoms with E-state index >= 15 is 0 Å². The number of hydrogen-bond donors (Lipinski definition) is 1. The third kappa shape index (κ3) is 3.65. The number of ketones is 1. The van der Waals surface area contributed by atoms with Gasteiger partial charge in [-0.25, -0.2) is 0 Å². The van der Waals surface area contributed by atoms with Crippen LogP contribution >= 0.6 is 15.9 Å². The molecule has 1 unspecified atom stereocenters. The number of Topliss-reactive ketones (excluding diaryl/α,β-unsaturated/α-hetero) is 1. The number of halogens is 1. The van der Waals surface area contributed by atoms with Crippen LogP contribution in [0.4, 0.5) is 5.69 Å². The third-order valence-corrected chi connectivity index (χ3v) is 5.66. The molecule has 0 saturated carbocycles.